The highest BCUT2D eigenvalue weighted by atomic mass is 19.1. The summed E-state index contributed by atoms with van der Waals surface area (Å²) < 4.78 is 28.7. The van der Waals surface area contributed by atoms with Crippen LogP contribution in [0.15, 0.2) is 48.7 Å². The summed E-state index contributed by atoms with van der Waals surface area (Å²) in [5.41, 5.74) is 0.943. The summed E-state index contributed by atoms with van der Waals surface area (Å²) >= 11 is 0. The van der Waals surface area contributed by atoms with Gasteiger partial charge in [0.05, 0.1) is 16.5 Å². The van der Waals surface area contributed by atoms with Crippen LogP contribution in [0, 0.1) is 11.6 Å². The van der Waals surface area contributed by atoms with Crippen molar-refractivity contribution in [2.75, 3.05) is 11.9 Å². The van der Waals surface area contributed by atoms with Crippen molar-refractivity contribution in [1.29, 1.82) is 0 Å². The van der Waals surface area contributed by atoms with Gasteiger partial charge in [0.2, 0.25) is 11.8 Å². The SMILES string of the molecule is CCC1(c2ccc(Nc3nc(-c4c(F)cccc4F)nc4c[nH]c(O)c34)cc2)CCNC1=O. The van der Waals surface area contributed by atoms with E-state index >= 15 is 0 Å². The molecule has 0 radical (unpaired) electrons. The Labute approximate surface area is 187 Å². The molecule has 1 aliphatic heterocycles. The highest BCUT2D eigenvalue weighted by Gasteiger charge is 2.42. The molecule has 0 saturated carbocycles. The van der Waals surface area contributed by atoms with E-state index in [1.807, 2.05) is 19.1 Å². The van der Waals surface area contributed by atoms with Crippen LogP contribution in [0.3, 0.4) is 0 Å². The molecular weight excluding hydrogens is 428 g/mol. The quantitative estimate of drug-likeness (QED) is 0.359. The molecule has 168 valence electrons. The Kier molecular flexibility index (Phi) is 4.96. The van der Waals surface area contributed by atoms with Gasteiger partial charge in [0.25, 0.3) is 0 Å². The first-order valence-corrected chi connectivity index (χ1v) is 10.6. The minimum atomic E-state index is -0.788. The van der Waals surface area contributed by atoms with Crippen molar-refractivity contribution in [2.45, 2.75) is 25.2 Å². The van der Waals surface area contributed by atoms with E-state index in [2.05, 4.69) is 25.6 Å². The molecule has 7 nitrogen and oxygen atoms in total. The second-order valence-electron chi connectivity index (χ2n) is 8.03. The van der Waals surface area contributed by atoms with E-state index in [0.717, 1.165) is 24.1 Å². The van der Waals surface area contributed by atoms with Crippen molar-refractivity contribution in [1.82, 2.24) is 20.3 Å². The monoisotopic (exact) mass is 449 g/mol. The predicted molar refractivity (Wildman–Crippen MR) is 120 cm³/mol. The Morgan fingerprint density at radius 3 is 2.48 bits per heavy atom. The van der Waals surface area contributed by atoms with E-state index in [0.29, 0.717) is 29.6 Å². The van der Waals surface area contributed by atoms with Gasteiger partial charge in [-0.15, -0.1) is 0 Å². The fourth-order valence-electron chi connectivity index (χ4n) is 4.44. The third kappa shape index (κ3) is 3.36. The summed E-state index contributed by atoms with van der Waals surface area (Å²) in [6.45, 7) is 2.64. The van der Waals surface area contributed by atoms with Gasteiger partial charge in [-0.25, -0.2) is 18.7 Å². The number of nitrogens with one attached hydrogen (secondary N) is 3. The normalized spacial score (nSPS) is 18.0. The zero-order valence-electron chi connectivity index (χ0n) is 17.7. The third-order valence-electron chi connectivity index (χ3n) is 6.28. The molecule has 3 heterocycles. The standard InChI is InChI=1S/C24H21F2N5O2/c1-2-24(10-11-27-23(24)33)13-6-8-14(9-7-13)29-21-19-17(12-28-22(19)32)30-20(31-21)18-15(25)4-3-5-16(18)26/h3-9,12,28,32H,2,10-11H2,1H3,(H,27,33)(H,29,30,31). The number of fused-ring (bicyclic) bond motifs is 1. The number of aromatic amines is 1. The summed E-state index contributed by atoms with van der Waals surface area (Å²) in [7, 11) is 0. The van der Waals surface area contributed by atoms with Gasteiger partial charge in [0.15, 0.2) is 5.82 Å². The molecule has 0 aliphatic carbocycles. The van der Waals surface area contributed by atoms with Gasteiger partial charge in [0, 0.05) is 18.4 Å². The van der Waals surface area contributed by atoms with E-state index in [1.54, 1.807) is 12.1 Å². The molecule has 2 aromatic carbocycles. The van der Waals surface area contributed by atoms with Crippen molar-refractivity contribution >= 4 is 28.3 Å². The number of anilines is 2. The molecule has 0 spiro atoms. The maximum absolute atomic E-state index is 14.4. The molecule has 1 unspecified atom stereocenters. The largest absolute Gasteiger partial charge is 0.494 e. The predicted octanol–water partition coefficient (Wildman–Crippen LogP) is 4.52. The third-order valence-corrected chi connectivity index (χ3v) is 6.28. The minimum Gasteiger partial charge on any atom is -0.494 e. The second kappa shape index (κ2) is 7.84. The molecule has 33 heavy (non-hydrogen) atoms. The van der Waals surface area contributed by atoms with Crippen LogP contribution in [0.25, 0.3) is 22.3 Å². The van der Waals surface area contributed by atoms with Crippen LogP contribution >= 0.6 is 0 Å². The van der Waals surface area contributed by atoms with Crippen LogP contribution in [0.2, 0.25) is 0 Å². The second-order valence-corrected chi connectivity index (χ2v) is 8.03. The molecule has 1 saturated heterocycles. The number of rotatable bonds is 5. The fraction of sp³-hybridized carbons (Fsp3) is 0.208. The zero-order valence-corrected chi connectivity index (χ0v) is 17.7. The Balaban J connectivity index is 1.55. The first-order valence-electron chi connectivity index (χ1n) is 10.6. The fourth-order valence-corrected chi connectivity index (χ4v) is 4.44. The van der Waals surface area contributed by atoms with Gasteiger partial charge >= 0.3 is 0 Å². The van der Waals surface area contributed by atoms with Crippen LogP contribution in [-0.4, -0.2) is 32.5 Å². The van der Waals surface area contributed by atoms with Crippen molar-refractivity contribution < 1.29 is 18.7 Å². The van der Waals surface area contributed by atoms with Crippen LogP contribution in [0.5, 0.6) is 5.88 Å². The molecule has 9 heteroatoms. The summed E-state index contributed by atoms with van der Waals surface area (Å²) in [4.78, 5) is 23.6. The van der Waals surface area contributed by atoms with E-state index < -0.39 is 17.0 Å². The number of halogens is 2. The first-order chi connectivity index (χ1) is 15.9. The van der Waals surface area contributed by atoms with Crippen LogP contribution in [0.4, 0.5) is 20.3 Å². The number of amides is 1. The molecule has 0 bridgehead atoms. The topological polar surface area (TPSA) is 103 Å². The van der Waals surface area contributed by atoms with E-state index in [1.165, 1.54) is 12.3 Å². The van der Waals surface area contributed by atoms with Crippen LogP contribution in [0.1, 0.15) is 25.3 Å². The lowest BCUT2D eigenvalue weighted by Gasteiger charge is -2.25. The Hall–Kier alpha value is -4.01. The first kappa shape index (κ1) is 20.9. The van der Waals surface area contributed by atoms with E-state index in [9.17, 15) is 18.7 Å². The molecule has 1 atom stereocenters. The maximum Gasteiger partial charge on any atom is 0.230 e. The van der Waals surface area contributed by atoms with Crippen LogP contribution in [-0.2, 0) is 10.2 Å². The van der Waals surface area contributed by atoms with Gasteiger partial charge in [-0.1, -0.05) is 25.1 Å². The number of hydrogen-bond acceptors (Lipinski definition) is 5. The minimum absolute atomic E-state index is 0.0250. The Morgan fingerprint density at radius 2 is 1.85 bits per heavy atom. The number of H-pyrrole nitrogens is 1. The average molecular weight is 449 g/mol. The summed E-state index contributed by atoms with van der Waals surface area (Å²) in [6.07, 6.45) is 2.86. The molecule has 4 N–H and O–H groups in total. The lowest BCUT2D eigenvalue weighted by atomic mass is 9.77. The molecule has 5 rings (SSSR count). The zero-order chi connectivity index (χ0) is 23.2. The van der Waals surface area contributed by atoms with Crippen molar-refractivity contribution in [3.8, 4) is 17.3 Å². The van der Waals surface area contributed by atoms with Gasteiger partial charge in [-0.2, -0.15) is 0 Å². The summed E-state index contributed by atoms with van der Waals surface area (Å²) in [5, 5.41) is 16.6. The lowest BCUT2D eigenvalue weighted by molar-refractivity contribution is -0.124. The molecular formula is C24H21F2N5O2. The highest BCUT2D eigenvalue weighted by Crippen LogP contribution is 2.37. The van der Waals surface area contributed by atoms with Crippen LogP contribution < -0.4 is 10.6 Å². The summed E-state index contributed by atoms with van der Waals surface area (Å²) in [6, 6.07) is 10.9. The molecule has 2 aromatic heterocycles. The summed E-state index contributed by atoms with van der Waals surface area (Å²) in [5.74, 6) is -1.68. The molecule has 1 fully saturated rings. The number of hydrogen-bond donors (Lipinski definition) is 4. The van der Waals surface area contributed by atoms with Gasteiger partial charge in [-0.3, -0.25) is 4.79 Å². The van der Waals surface area contributed by atoms with Crippen molar-refractivity contribution in [3.05, 3.63) is 65.9 Å². The highest BCUT2D eigenvalue weighted by molar-refractivity contribution is 5.96. The number of nitrogens with zero attached hydrogens (tertiary/aromatic N) is 2. The van der Waals surface area contributed by atoms with E-state index in [-0.39, 0.29) is 29.0 Å². The molecule has 1 amide bonds. The molecule has 4 aromatic rings. The van der Waals surface area contributed by atoms with Gasteiger partial charge in [-0.05, 0) is 42.7 Å². The molecule has 1 aliphatic rings. The van der Waals surface area contributed by atoms with Crippen molar-refractivity contribution in [2.24, 2.45) is 0 Å². The van der Waals surface area contributed by atoms with Gasteiger partial charge < -0.3 is 20.7 Å². The number of carbonyl (C=O) groups is 1. The number of carbonyl (C=O) groups excluding carboxylic acids is 1. The van der Waals surface area contributed by atoms with E-state index in [4.69, 9.17) is 0 Å². The Bertz CT molecular complexity index is 1350. The lowest BCUT2D eigenvalue weighted by Crippen LogP contribution is -2.34. The number of aromatic nitrogens is 3. The maximum atomic E-state index is 14.4. The Morgan fingerprint density at radius 1 is 1.12 bits per heavy atom. The average Bonchev–Trinajstić information content (AvgIpc) is 3.37. The van der Waals surface area contributed by atoms with Crippen molar-refractivity contribution in [3.63, 3.8) is 0 Å². The number of aromatic hydroxyl groups is 1. The smallest absolute Gasteiger partial charge is 0.230 e. The number of benzene rings is 2. The van der Waals surface area contributed by atoms with Gasteiger partial charge in [0.1, 0.15) is 22.8 Å².